The Hall–Kier alpha value is -8.64. The van der Waals surface area contributed by atoms with E-state index in [0.717, 1.165) is 11.1 Å². The third kappa shape index (κ3) is 11.8. The van der Waals surface area contributed by atoms with Crippen LogP contribution >= 0.6 is 0 Å². The molecule has 0 radical (unpaired) electrons. The minimum atomic E-state index is -3.93. The fraction of sp³-hybridized carbons (Fsp3) is 0.0213. The van der Waals surface area contributed by atoms with Crippen molar-refractivity contribution < 1.29 is 31.2 Å². The number of nitriles is 2. The second-order valence-electron chi connectivity index (χ2n) is 13.4. The highest BCUT2D eigenvalue weighted by atomic mass is 32.2. The average molecular weight is 891 g/mol. The van der Waals surface area contributed by atoms with Crippen molar-refractivity contribution in [3.05, 3.63) is 187 Å². The Labute approximate surface area is 370 Å². The Morgan fingerprint density at radius 2 is 0.844 bits per heavy atom. The molecule has 0 saturated heterocycles. The second kappa shape index (κ2) is 20.8. The minimum absolute atomic E-state index is 0.0526. The smallest absolute Gasteiger partial charge is 0.323 e. The van der Waals surface area contributed by atoms with Gasteiger partial charge >= 0.3 is 12.1 Å². The molecule has 0 aliphatic rings. The van der Waals surface area contributed by atoms with Gasteiger partial charge in [-0.3, -0.25) is 9.44 Å². The van der Waals surface area contributed by atoms with Gasteiger partial charge in [-0.2, -0.15) is 10.5 Å². The summed E-state index contributed by atoms with van der Waals surface area (Å²) >= 11 is 0. The highest BCUT2D eigenvalue weighted by Crippen LogP contribution is 2.31. The first-order valence-electron chi connectivity index (χ1n) is 19.1. The first-order chi connectivity index (χ1) is 30.9. The Bertz CT molecular complexity index is 3090. The molecule has 0 aromatic heterocycles. The molecule has 4 amide bonds. The van der Waals surface area contributed by atoms with Gasteiger partial charge in [0.05, 0.1) is 74.3 Å². The number of ether oxygens (including phenoxy) is 1. The van der Waals surface area contributed by atoms with Crippen molar-refractivity contribution in [1.82, 2.24) is 0 Å². The van der Waals surface area contributed by atoms with Crippen LogP contribution in [0.15, 0.2) is 186 Å². The van der Waals surface area contributed by atoms with E-state index in [-0.39, 0.29) is 43.7 Å². The molecular formula is C47H38N8O7S2. The topological polar surface area (TPSA) is 231 Å². The summed E-state index contributed by atoms with van der Waals surface area (Å²) in [6, 6.07) is 50.8. The number of methoxy groups -OCH3 is 1. The number of amides is 4. The SMILES string of the molecule is COc1ccccc1NC(=O)Nc1ccc(C#N)cc1NS(=O)(=O)c1ccccc1.N#Cc1ccc(NC(=O)Nc2ccccc2-c2ccccc2)c(NS(=O)(=O)c2ccccc2)c1. The maximum absolute atomic E-state index is 12.8. The molecule has 64 heavy (non-hydrogen) atoms. The van der Waals surface area contributed by atoms with E-state index in [4.69, 9.17) is 10.00 Å². The molecule has 15 nitrogen and oxygen atoms in total. The number of carbonyl (C=O) groups is 2. The van der Waals surface area contributed by atoms with Crippen molar-refractivity contribution >= 4 is 66.2 Å². The van der Waals surface area contributed by atoms with Crippen LogP contribution in [0.4, 0.5) is 43.7 Å². The summed E-state index contributed by atoms with van der Waals surface area (Å²) in [4.78, 5) is 25.4. The van der Waals surface area contributed by atoms with Crippen molar-refractivity contribution in [2.24, 2.45) is 0 Å². The lowest BCUT2D eigenvalue weighted by Crippen LogP contribution is -2.22. The van der Waals surface area contributed by atoms with Crippen molar-refractivity contribution in [2.75, 3.05) is 37.8 Å². The largest absolute Gasteiger partial charge is 0.495 e. The van der Waals surface area contributed by atoms with Crippen LogP contribution < -0.4 is 35.4 Å². The van der Waals surface area contributed by atoms with Crippen LogP contribution in [0, 0.1) is 22.7 Å². The molecule has 320 valence electrons. The minimum Gasteiger partial charge on any atom is -0.495 e. The van der Waals surface area contributed by atoms with Gasteiger partial charge in [0.25, 0.3) is 20.0 Å². The highest BCUT2D eigenvalue weighted by Gasteiger charge is 2.20. The van der Waals surface area contributed by atoms with E-state index in [9.17, 15) is 31.7 Å². The standard InChI is InChI=1S/C26H20N4O3S.C21H18N4O4S/c27-18-19-15-16-24(25(17-19)30-34(32,33)21-11-5-2-6-12-21)29-26(31)28-23-14-8-7-13-22(23)20-9-3-1-4-10-20;1-29-20-10-6-5-9-18(20)24-21(26)23-17-12-11-15(14-22)13-19(17)25-30(27,28)16-7-3-2-4-8-16/h1-17,30H,(H2,28,29,31);2-13,25H,1H3,(H2,23,24,26). The number of benzene rings is 7. The summed E-state index contributed by atoms with van der Waals surface area (Å²) in [7, 11) is -6.36. The molecule has 0 heterocycles. The average Bonchev–Trinajstić information content (AvgIpc) is 3.31. The van der Waals surface area contributed by atoms with Crippen LogP contribution in [0.5, 0.6) is 5.75 Å². The zero-order valence-electron chi connectivity index (χ0n) is 33.8. The van der Waals surface area contributed by atoms with E-state index in [1.54, 1.807) is 66.7 Å². The van der Waals surface area contributed by atoms with Crippen LogP contribution in [0.3, 0.4) is 0 Å². The molecule has 17 heteroatoms. The molecule has 0 aliphatic heterocycles. The molecule has 0 aliphatic carbocycles. The van der Waals surface area contributed by atoms with Crippen LogP contribution in [0.2, 0.25) is 0 Å². The first kappa shape index (κ1) is 44.9. The van der Waals surface area contributed by atoms with E-state index < -0.39 is 32.1 Å². The third-order valence-electron chi connectivity index (χ3n) is 9.00. The number of carbonyl (C=O) groups excluding carboxylic acids is 2. The number of nitrogens with one attached hydrogen (secondary N) is 6. The maximum Gasteiger partial charge on any atom is 0.323 e. The summed E-state index contributed by atoms with van der Waals surface area (Å²) in [5.41, 5.74) is 3.80. The molecule has 6 N–H and O–H groups in total. The van der Waals surface area contributed by atoms with Gasteiger partial charge in [0, 0.05) is 5.56 Å². The second-order valence-corrected chi connectivity index (χ2v) is 16.7. The molecule has 0 fully saturated rings. The van der Waals surface area contributed by atoms with Crippen LogP contribution in [-0.4, -0.2) is 36.0 Å². The van der Waals surface area contributed by atoms with Gasteiger partial charge in [0.1, 0.15) is 5.75 Å². The summed E-state index contributed by atoms with van der Waals surface area (Å²) in [5, 5.41) is 29.1. The number of hydrogen-bond donors (Lipinski definition) is 6. The fourth-order valence-corrected chi connectivity index (χ4v) is 8.17. The van der Waals surface area contributed by atoms with Crippen molar-refractivity contribution in [3.63, 3.8) is 0 Å². The number of urea groups is 2. The molecule has 7 aromatic rings. The van der Waals surface area contributed by atoms with Gasteiger partial charge in [0.15, 0.2) is 0 Å². The molecule has 0 spiro atoms. The van der Waals surface area contributed by atoms with Gasteiger partial charge in [-0.15, -0.1) is 0 Å². The number of rotatable bonds is 12. The van der Waals surface area contributed by atoms with Crippen LogP contribution in [-0.2, 0) is 20.0 Å². The summed E-state index contributed by atoms with van der Waals surface area (Å²) < 4.78 is 61.1. The third-order valence-corrected chi connectivity index (χ3v) is 11.8. The van der Waals surface area contributed by atoms with E-state index in [1.165, 1.54) is 67.8 Å². The van der Waals surface area contributed by atoms with E-state index in [0.29, 0.717) is 17.1 Å². The molecule has 7 rings (SSSR count). The highest BCUT2D eigenvalue weighted by molar-refractivity contribution is 7.93. The quantitative estimate of drug-likeness (QED) is 0.0685. The lowest BCUT2D eigenvalue weighted by Gasteiger charge is -2.16. The predicted molar refractivity (Wildman–Crippen MR) is 247 cm³/mol. The van der Waals surface area contributed by atoms with Gasteiger partial charge in [0.2, 0.25) is 0 Å². The molecule has 7 aromatic carbocycles. The Kier molecular flexibility index (Phi) is 14.6. The van der Waals surface area contributed by atoms with Crippen LogP contribution in [0.25, 0.3) is 11.1 Å². The summed E-state index contributed by atoms with van der Waals surface area (Å²) in [5.74, 6) is 0.470. The van der Waals surface area contributed by atoms with E-state index >= 15 is 0 Å². The van der Waals surface area contributed by atoms with Gasteiger partial charge in [-0.25, -0.2) is 26.4 Å². The lowest BCUT2D eigenvalue weighted by molar-refractivity contribution is 0.261. The van der Waals surface area contributed by atoms with E-state index in [1.807, 2.05) is 60.7 Å². The molecular weight excluding hydrogens is 853 g/mol. The molecule has 0 unspecified atom stereocenters. The van der Waals surface area contributed by atoms with E-state index in [2.05, 4.69) is 30.7 Å². The number of sulfonamides is 2. The number of anilines is 6. The molecule has 0 bridgehead atoms. The first-order valence-corrected chi connectivity index (χ1v) is 22.0. The molecule has 0 saturated carbocycles. The number of nitrogens with zero attached hydrogens (tertiary/aromatic N) is 2. The number of para-hydroxylation sites is 3. The Balaban J connectivity index is 0.000000214. The zero-order valence-corrected chi connectivity index (χ0v) is 35.4. The summed E-state index contributed by atoms with van der Waals surface area (Å²) in [6.45, 7) is 0. The van der Waals surface area contributed by atoms with Crippen molar-refractivity contribution in [1.29, 1.82) is 10.5 Å². The number of hydrogen-bond acceptors (Lipinski definition) is 9. The van der Waals surface area contributed by atoms with Crippen molar-refractivity contribution in [3.8, 4) is 29.0 Å². The van der Waals surface area contributed by atoms with Gasteiger partial charge in [-0.05, 0) is 84.4 Å². The zero-order chi connectivity index (χ0) is 45.5. The van der Waals surface area contributed by atoms with Crippen LogP contribution in [0.1, 0.15) is 11.1 Å². The lowest BCUT2D eigenvalue weighted by atomic mass is 10.0. The predicted octanol–water partition coefficient (Wildman–Crippen LogP) is 9.68. The molecule has 0 atom stereocenters. The Morgan fingerprint density at radius 1 is 0.453 bits per heavy atom. The van der Waals surface area contributed by atoms with Gasteiger partial charge in [-0.1, -0.05) is 97.1 Å². The van der Waals surface area contributed by atoms with Gasteiger partial charge < -0.3 is 26.0 Å². The summed E-state index contributed by atoms with van der Waals surface area (Å²) in [6.07, 6.45) is 0. The maximum atomic E-state index is 12.8. The monoisotopic (exact) mass is 890 g/mol. The van der Waals surface area contributed by atoms with Crippen molar-refractivity contribution in [2.45, 2.75) is 9.79 Å². The fourth-order valence-electron chi connectivity index (χ4n) is 5.98. The Morgan fingerprint density at radius 3 is 1.31 bits per heavy atom. The normalized spacial score (nSPS) is 10.6.